The smallest absolute Gasteiger partial charge is 0.107 e. The molecular weight excluding hydrogens is 278 g/mol. The third kappa shape index (κ3) is 6.90. The summed E-state index contributed by atoms with van der Waals surface area (Å²) in [5.41, 5.74) is 1.24. The van der Waals surface area contributed by atoms with Gasteiger partial charge in [-0.2, -0.15) is 0 Å². The number of rotatable bonds is 11. The van der Waals surface area contributed by atoms with Crippen LogP contribution in [0.15, 0.2) is 5.38 Å². The van der Waals surface area contributed by atoms with Gasteiger partial charge in [-0.15, -0.1) is 11.3 Å². The van der Waals surface area contributed by atoms with Gasteiger partial charge in [0.05, 0.1) is 5.69 Å². The average Bonchev–Trinajstić information content (AvgIpc) is 2.87. The molecule has 0 saturated heterocycles. The zero-order chi connectivity index (χ0) is 15.7. The molecule has 21 heavy (non-hydrogen) atoms. The molecule has 0 aliphatic rings. The monoisotopic (exact) mass is 311 g/mol. The Bertz CT molecular complexity index is 372. The standard InChI is InChI=1S/C17H33N3S/c1-6-9-18-10-17-19-15(13-21-17)12-20(11-14(4)5)16(7-2)8-3/h13-14,16,18H,6-12H2,1-5H3. The summed E-state index contributed by atoms with van der Waals surface area (Å²) in [5.74, 6) is 0.704. The number of hydrogen-bond donors (Lipinski definition) is 1. The van der Waals surface area contributed by atoms with Crippen molar-refractivity contribution in [2.24, 2.45) is 5.92 Å². The highest BCUT2D eigenvalue weighted by atomic mass is 32.1. The molecule has 0 unspecified atom stereocenters. The molecule has 0 amide bonds. The Kier molecular flexibility index (Phi) is 9.13. The topological polar surface area (TPSA) is 28.2 Å². The van der Waals surface area contributed by atoms with E-state index in [0.29, 0.717) is 12.0 Å². The number of hydrogen-bond acceptors (Lipinski definition) is 4. The quantitative estimate of drug-likeness (QED) is 0.618. The van der Waals surface area contributed by atoms with Crippen LogP contribution in [0.2, 0.25) is 0 Å². The summed E-state index contributed by atoms with van der Waals surface area (Å²) in [6, 6.07) is 0.677. The number of aromatic nitrogens is 1. The fraction of sp³-hybridized carbons (Fsp3) is 0.824. The molecule has 1 rings (SSSR count). The van der Waals surface area contributed by atoms with Crippen LogP contribution in [-0.4, -0.2) is 29.0 Å². The van der Waals surface area contributed by atoms with Crippen molar-refractivity contribution in [3.05, 3.63) is 16.1 Å². The summed E-state index contributed by atoms with van der Waals surface area (Å²) in [5, 5.41) is 6.88. The van der Waals surface area contributed by atoms with Crippen molar-refractivity contribution < 1.29 is 0 Å². The van der Waals surface area contributed by atoms with Crippen molar-refractivity contribution >= 4 is 11.3 Å². The van der Waals surface area contributed by atoms with Crippen molar-refractivity contribution in [1.29, 1.82) is 0 Å². The van der Waals surface area contributed by atoms with Crippen LogP contribution in [0.1, 0.15) is 64.6 Å². The molecule has 0 saturated carbocycles. The first kappa shape index (κ1) is 18.6. The van der Waals surface area contributed by atoms with E-state index in [1.54, 1.807) is 11.3 Å². The summed E-state index contributed by atoms with van der Waals surface area (Å²) < 4.78 is 0. The van der Waals surface area contributed by atoms with Crippen LogP contribution >= 0.6 is 11.3 Å². The number of thiazole rings is 1. The van der Waals surface area contributed by atoms with Crippen molar-refractivity contribution in [2.75, 3.05) is 13.1 Å². The lowest BCUT2D eigenvalue weighted by Gasteiger charge is -2.31. The second-order valence-corrected chi connectivity index (χ2v) is 7.15. The van der Waals surface area contributed by atoms with E-state index in [9.17, 15) is 0 Å². The molecule has 1 aromatic heterocycles. The lowest BCUT2D eigenvalue weighted by molar-refractivity contribution is 0.156. The second kappa shape index (κ2) is 10.3. The van der Waals surface area contributed by atoms with Gasteiger partial charge in [0.25, 0.3) is 0 Å². The predicted octanol–water partition coefficient (Wildman–Crippen LogP) is 4.29. The van der Waals surface area contributed by atoms with Crippen molar-refractivity contribution in [1.82, 2.24) is 15.2 Å². The third-order valence-electron chi connectivity index (χ3n) is 3.73. The highest BCUT2D eigenvalue weighted by Crippen LogP contribution is 2.17. The van der Waals surface area contributed by atoms with Gasteiger partial charge in [0, 0.05) is 31.1 Å². The molecule has 1 heterocycles. The molecular formula is C17H33N3S. The third-order valence-corrected chi connectivity index (χ3v) is 4.62. The van der Waals surface area contributed by atoms with Gasteiger partial charge in [-0.1, -0.05) is 34.6 Å². The van der Waals surface area contributed by atoms with Crippen molar-refractivity contribution in [3.8, 4) is 0 Å². The summed E-state index contributed by atoms with van der Waals surface area (Å²) in [4.78, 5) is 7.41. The van der Waals surface area contributed by atoms with E-state index in [2.05, 4.69) is 50.2 Å². The molecule has 0 bridgehead atoms. The zero-order valence-electron chi connectivity index (χ0n) is 14.5. The Morgan fingerprint density at radius 3 is 2.52 bits per heavy atom. The maximum absolute atomic E-state index is 4.79. The van der Waals surface area contributed by atoms with Gasteiger partial charge in [0.15, 0.2) is 0 Å². The Labute approximate surface area is 135 Å². The highest BCUT2D eigenvalue weighted by molar-refractivity contribution is 7.09. The fourth-order valence-corrected chi connectivity index (χ4v) is 3.45. The minimum Gasteiger partial charge on any atom is -0.310 e. The normalized spacial score (nSPS) is 12.0. The van der Waals surface area contributed by atoms with Crippen LogP contribution in [0.3, 0.4) is 0 Å². The first-order valence-electron chi connectivity index (χ1n) is 8.48. The van der Waals surface area contributed by atoms with Gasteiger partial charge in [-0.3, -0.25) is 4.90 Å². The molecule has 0 aromatic carbocycles. The summed E-state index contributed by atoms with van der Waals surface area (Å²) in [6.45, 7) is 15.5. The van der Waals surface area contributed by atoms with E-state index >= 15 is 0 Å². The lowest BCUT2D eigenvalue weighted by Crippen LogP contribution is -2.36. The molecule has 4 heteroatoms. The molecule has 0 radical (unpaired) electrons. The number of nitrogens with one attached hydrogen (secondary N) is 1. The van der Waals surface area contributed by atoms with Crippen LogP contribution in [-0.2, 0) is 13.1 Å². The van der Waals surface area contributed by atoms with E-state index in [1.165, 1.54) is 30.0 Å². The largest absolute Gasteiger partial charge is 0.310 e. The average molecular weight is 312 g/mol. The zero-order valence-corrected chi connectivity index (χ0v) is 15.3. The summed E-state index contributed by atoms with van der Waals surface area (Å²) >= 11 is 1.79. The summed E-state index contributed by atoms with van der Waals surface area (Å²) in [7, 11) is 0. The fourth-order valence-electron chi connectivity index (χ4n) is 2.70. The van der Waals surface area contributed by atoms with Crippen LogP contribution in [0.5, 0.6) is 0 Å². The maximum atomic E-state index is 4.79. The Hall–Kier alpha value is -0.450. The van der Waals surface area contributed by atoms with Gasteiger partial charge < -0.3 is 5.32 Å². The van der Waals surface area contributed by atoms with Gasteiger partial charge >= 0.3 is 0 Å². The lowest BCUT2D eigenvalue weighted by atomic mass is 10.1. The van der Waals surface area contributed by atoms with E-state index in [0.717, 1.165) is 26.2 Å². The van der Waals surface area contributed by atoms with Crippen molar-refractivity contribution in [2.45, 2.75) is 73.0 Å². The summed E-state index contributed by atoms with van der Waals surface area (Å²) in [6.07, 6.45) is 3.62. The Morgan fingerprint density at radius 2 is 1.95 bits per heavy atom. The van der Waals surface area contributed by atoms with E-state index in [4.69, 9.17) is 4.98 Å². The second-order valence-electron chi connectivity index (χ2n) is 6.20. The molecule has 0 aliphatic carbocycles. The minimum atomic E-state index is 0.677. The molecule has 0 fully saturated rings. The molecule has 1 N–H and O–H groups in total. The van der Waals surface area contributed by atoms with E-state index in [1.807, 2.05) is 0 Å². The number of nitrogens with zero attached hydrogens (tertiary/aromatic N) is 2. The molecule has 0 aliphatic heterocycles. The molecule has 0 atom stereocenters. The minimum absolute atomic E-state index is 0.677. The highest BCUT2D eigenvalue weighted by Gasteiger charge is 2.17. The van der Waals surface area contributed by atoms with Crippen molar-refractivity contribution in [3.63, 3.8) is 0 Å². The SMILES string of the molecule is CCCNCc1nc(CN(CC(C)C)C(CC)CC)cs1. The van der Waals surface area contributed by atoms with Gasteiger partial charge in [0.2, 0.25) is 0 Å². The van der Waals surface area contributed by atoms with E-state index < -0.39 is 0 Å². The molecule has 1 aromatic rings. The van der Waals surface area contributed by atoms with Crippen LogP contribution in [0, 0.1) is 5.92 Å². The predicted molar refractivity (Wildman–Crippen MR) is 93.7 cm³/mol. The molecule has 3 nitrogen and oxygen atoms in total. The Balaban J connectivity index is 2.61. The van der Waals surface area contributed by atoms with E-state index in [-0.39, 0.29) is 0 Å². The Morgan fingerprint density at radius 1 is 1.24 bits per heavy atom. The van der Waals surface area contributed by atoms with Crippen LogP contribution in [0.4, 0.5) is 0 Å². The van der Waals surface area contributed by atoms with Crippen LogP contribution in [0.25, 0.3) is 0 Å². The van der Waals surface area contributed by atoms with Crippen LogP contribution < -0.4 is 5.32 Å². The molecule has 122 valence electrons. The molecule has 0 spiro atoms. The first-order chi connectivity index (χ1) is 10.1. The maximum Gasteiger partial charge on any atom is 0.107 e. The first-order valence-corrected chi connectivity index (χ1v) is 9.36. The van der Waals surface area contributed by atoms with Gasteiger partial charge in [0.1, 0.15) is 5.01 Å². The van der Waals surface area contributed by atoms with Gasteiger partial charge in [-0.05, 0) is 31.7 Å². The van der Waals surface area contributed by atoms with Gasteiger partial charge in [-0.25, -0.2) is 4.98 Å².